The number of morpholine rings is 1. The number of nitrogens with one attached hydrogen (secondary N) is 2. The summed E-state index contributed by atoms with van der Waals surface area (Å²) in [7, 11) is 0. The summed E-state index contributed by atoms with van der Waals surface area (Å²) in [5, 5.41) is 7.03. The average molecular weight is 450 g/mol. The molecule has 0 amide bonds. The van der Waals surface area contributed by atoms with E-state index in [0.717, 1.165) is 51.3 Å². The van der Waals surface area contributed by atoms with Gasteiger partial charge in [0.15, 0.2) is 5.96 Å². The first-order valence-corrected chi connectivity index (χ1v) is 9.61. The third kappa shape index (κ3) is 5.21. The Labute approximate surface area is 164 Å². The highest BCUT2D eigenvalue weighted by Gasteiger charge is 2.39. The lowest BCUT2D eigenvalue weighted by Gasteiger charge is -2.47. The van der Waals surface area contributed by atoms with Gasteiger partial charge in [0, 0.05) is 31.2 Å². The van der Waals surface area contributed by atoms with Crippen LogP contribution < -0.4 is 10.6 Å². The summed E-state index contributed by atoms with van der Waals surface area (Å²) < 4.78 is 5.57. The average Bonchev–Trinajstić information content (AvgIpc) is 3.29. The van der Waals surface area contributed by atoms with Gasteiger partial charge in [-0.3, -0.25) is 9.89 Å². The van der Waals surface area contributed by atoms with Crippen molar-refractivity contribution in [2.45, 2.75) is 64.0 Å². The highest BCUT2D eigenvalue weighted by atomic mass is 127. The van der Waals surface area contributed by atoms with Gasteiger partial charge in [-0.15, -0.1) is 24.0 Å². The van der Waals surface area contributed by atoms with Gasteiger partial charge < -0.3 is 15.4 Å². The van der Waals surface area contributed by atoms with Crippen molar-refractivity contribution >= 4 is 29.9 Å². The Bertz CT molecular complexity index is 406. The molecule has 1 heterocycles. The highest BCUT2D eigenvalue weighted by molar-refractivity contribution is 14.0. The third-order valence-corrected chi connectivity index (χ3v) is 5.77. The predicted octanol–water partition coefficient (Wildman–Crippen LogP) is 2.60. The minimum absolute atomic E-state index is 0. The fourth-order valence-electron chi connectivity index (χ4n) is 4.07. The number of ether oxygens (including phenoxy) is 1. The number of nitrogens with zero attached hydrogens (tertiary/aromatic N) is 2. The molecule has 0 spiro atoms. The Balaban J connectivity index is 0.00000208. The van der Waals surface area contributed by atoms with E-state index in [2.05, 4.69) is 29.4 Å². The molecule has 2 saturated carbocycles. The second-order valence-electron chi connectivity index (χ2n) is 7.54. The van der Waals surface area contributed by atoms with Crippen molar-refractivity contribution in [3.8, 4) is 0 Å². The van der Waals surface area contributed by atoms with Crippen LogP contribution in [0.5, 0.6) is 0 Å². The van der Waals surface area contributed by atoms with Gasteiger partial charge in [0.25, 0.3) is 0 Å². The first-order valence-electron chi connectivity index (χ1n) is 9.61. The summed E-state index contributed by atoms with van der Waals surface area (Å²) in [6, 6.07) is 0.624. The van der Waals surface area contributed by atoms with E-state index in [9.17, 15) is 0 Å². The quantitative estimate of drug-likeness (QED) is 0.384. The molecule has 2 N–H and O–H groups in total. The Hall–Kier alpha value is -0.0800. The van der Waals surface area contributed by atoms with Crippen molar-refractivity contribution in [2.75, 3.05) is 39.4 Å². The van der Waals surface area contributed by atoms with Crippen molar-refractivity contribution in [3.63, 3.8) is 0 Å². The van der Waals surface area contributed by atoms with Gasteiger partial charge in [-0.2, -0.15) is 0 Å². The summed E-state index contributed by atoms with van der Waals surface area (Å²) in [6.45, 7) is 10.2. The Morgan fingerprint density at radius 2 is 1.88 bits per heavy atom. The minimum Gasteiger partial charge on any atom is -0.379 e. The molecule has 24 heavy (non-hydrogen) atoms. The summed E-state index contributed by atoms with van der Waals surface area (Å²) in [6.07, 6.45) is 7.92. The normalized spacial score (nSPS) is 30.3. The smallest absolute Gasteiger partial charge is 0.191 e. The van der Waals surface area contributed by atoms with Crippen LogP contribution in [-0.2, 0) is 4.74 Å². The number of rotatable bonds is 5. The maximum absolute atomic E-state index is 5.57. The Morgan fingerprint density at radius 1 is 1.21 bits per heavy atom. The molecule has 2 aliphatic carbocycles. The molecule has 0 aromatic heterocycles. The molecule has 3 aliphatic rings. The second kappa shape index (κ2) is 9.57. The lowest BCUT2D eigenvalue weighted by atomic mass is 9.80. The molecule has 0 radical (unpaired) electrons. The fourth-order valence-corrected chi connectivity index (χ4v) is 4.07. The fraction of sp³-hybridized carbons (Fsp3) is 0.944. The van der Waals surface area contributed by atoms with Crippen molar-refractivity contribution in [3.05, 3.63) is 0 Å². The van der Waals surface area contributed by atoms with E-state index in [4.69, 9.17) is 9.73 Å². The zero-order valence-electron chi connectivity index (χ0n) is 15.4. The maximum Gasteiger partial charge on any atom is 0.191 e. The van der Waals surface area contributed by atoms with Crippen molar-refractivity contribution in [1.82, 2.24) is 15.5 Å². The van der Waals surface area contributed by atoms with E-state index in [1.54, 1.807) is 0 Å². The lowest BCUT2D eigenvalue weighted by Crippen LogP contribution is -2.56. The van der Waals surface area contributed by atoms with Crippen molar-refractivity contribution in [2.24, 2.45) is 10.9 Å². The molecular weight excluding hydrogens is 415 g/mol. The van der Waals surface area contributed by atoms with Gasteiger partial charge >= 0.3 is 0 Å². The van der Waals surface area contributed by atoms with Crippen LogP contribution in [0.1, 0.15) is 52.4 Å². The summed E-state index contributed by atoms with van der Waals surface area (Å²) in [4.78, 5) is 7.68. The molecule has 1 saturated heterocycles. The van der Waals surface area contributed by atoms with Gasteiger partial charge in [0.2, 0.25) is 0 Å². The van der Waals surface area contributed by atoms with Crippen LogP contribution in [0, 0.1) is 5.92 Å². The Kier molecular flexibility index (Phi) is 8.07. The molecule has 3 rings (SSSR count). The molecule has 6 heteroatoms. The zero-order valence-corrected chi connectivity index (χ0v) is 17.7. The molecule has 0 aromatic rings. The number of halogens is 1. The van der Waals surface area contributed by atoms with Gasteiger partial charge in [-0.05, 0) is 32.1 Å². The minimum atomic E-state index is 0. The summed E-state index contributed by atoms with van der Waals surface area (Å²) in [5.74, 6) is 1.81. The van der Waals surface area contributed by atoms with Crippen LogP contribution in [-0.4, -0.2) is 61.8 Å². The first kappa shape index (κ1) is 20.2. The van der Waals surface area contributed by atoms with Crippen LogP contribution in [0.25, 0.3) is 0 Å². The SMILES string of the molecule is CCNC(=NCC1(N2CCOCC2)CCCCC1)NC1CC1C.I. The van der Waals surface area contributed by atoms with E-state index >= 15 is 0 Å². The predicted molar refractivity (Wildman–Crippen MR) is 110 cm³/mol. The second-order valence-corrected chi connectivity index (χ2v) is 7.54. The van der Waals surface area contributed by atoms with Crippen LogP contribution in [0.2, 0.25) is 0 Å². The molecule has 0 bridgehead atoms. The van der Waals surface area contributed by atoms with E-state index in [-0.39, 0.29) is 29.5 Å². The van der Waals surface area contributed by atoms with E-state index in [1.165, 1.54) is 38.5 Å². The molecular formula is C18H35IN4O. The largest absolute Gasteiger partial charge is 0.379 e. The zero-order chi connectivity index (χ0) is 16.1. The Morgan fingerprint density at radius 3 is 2.46 bits per heavy atom. The number of hydrogen-bond acceptors (Lipinski definition) is 3. The molecule has 5 nitrogen and oxygen atoms in total. The van der Waals surface area contributed by atoms with E-state index < -0.39 is 0 Å². The van der Waals surface area contributed by atoms with Crippen LogP contribution in [0.4, 0.5) is 0 Å². The van der Waals surface area contributed by atoms with E-state index in [0.29, 0.717) is 6.04 Å². The molecule has 140 valence electrons. The summed E-state index contributed by atoms with van der Waals surface area (Å²) >= 11 is 0. The monoisotopic (exact) mass is 450 g/mol. The highest BCUT2D eigenvalue weighted by Crippen LogP contribution is 2.35. The number of hydrogen-bond donors (Lipinski definition) is 2. The third-order valence-electron chi connectivity index (χ3n) is 5.77. The van der Waals surface area contributed by atoms with E-state index in [1.807, 2.05) is 0 Å². The topological polar surface area (TPSA) is 48.9 Å². The summed E-state index contributed by atoms with van der Waals surface area (Å²) in [5.41, 5.74) is 0.263. The van der Waals surface area contributed by atoms with Crippen LogP contribution in [0.15, 0.2) is 4.99 Å². The molecule has 2 atom stereocenters. The van der Waals surface area contributed by atoms with Crippen LogP contribution >= 0.6 is 24.0 Å². The molecule has 3 fully saturated rings. The number of guanidine groups is 1. The number of aliphatic imine (C=N–C) groups is 1. The molecule has 2 unspecified atom stereocenters. The van der Waals surface area contributed by atoms with Crippen molar-refractivity contribution in [1.29, 1.82) is 0 Å². The molecule has 0 aromatic carbocycles. The van der Waals surface area contributed by atoms with Gasteiger partial charge in [0.05, 0.1) is 19.8 Å². The van der Waals surface area contributed by atoms with Crippen LogP contribution in [0.3, 0.4) is 0 Å². The standard InChI is InChI=1S/C18H34N4O.HI/c1-3-19-17(21-16-13-15(16)2)20-14-18(7-5-4-6-8-18)22-9-11-23-12-10-22;/h15-16H,3-14H2,1-2H3,(H2,19,20,21);1H. The van der Waals surface area contributed by atoms with Gasteiger partial charge in [-0.1, -0.05) is 26.2 Å². The van der Waals surface area contributed by atoms with Gasteiger partial charge in [0.1, 0.15) is 0 Å². The van der Waals surface area contributed by atoms with Crippen molar-refractivity contribution < 1.29 is 4.74 Å². The molecule has 1 aliphatic heterocycles. The maximum atomic E-state index is 5.57. The lowest BCUT2D eigenvalue weighted by molar-refractivity contribution is -0.0333. The first-order chi connectivity index (χ1) is 11.2. The van der Waals surface area contributed by atoms with Gasteiger partial charge in [-0.25, -0.2) is 0 Å².